The summed E-state index contributed by atoms with van der Waals surface area (Å²) in [4.78, 5) is 2.11. The van der Waals surface area contributed by atoms with E-state index < -0.39 is 0 Å². The maximum atomic E-state index is 5.40. The molecule has 2 aromatic carbocycles. The Morgan fingerprint density at radius 1 is 1.21 bits per heavy atom. The van der Waals surface area contributed by atoms with E-state index in [1.807, 2.05) is 7.05 Å². The zero-order valence-electron chi connectivity index (χ0n) is 11.1. The number of thiocarbonyl (C=S) groups is 1. The molecule has 0 aliphatic heterocycles. The maximum Gasteiger partial charge on any atom is 0.169 e. The van der Waals surface area contributed by atoms with E-state index in [0.717, 1.165) is 11.7 Å². The summed E-state index contributed by atoms with van der Waals surface area (Å²) < 4.78 is 0. The highest BCUT2D eigenvalue weighted by atomic mass is 32.1. The quantitative estimate of drug-likeness (QED) is 0.861. The van der Waals surface area contributed by atoms with E-state index in [1.54, 1.807) is 0 Å². The van der Waals surface area contributed by atoms with Gasteiger partial charge in [0.15, 0.2) is 5.11 Å². The predicted molar refractivity (Wildman–Crippen MR) is 84.2 cm³/mol. The molecule has 0 saturated heterocycles. The summed E-state index contributed by atoms with van der Waals surface area (Å²) in [5.41, 5.74) is 1.29. The number of rotatable bonds is 3. The van der Waals surface area contributed by atoms with Crippen LogP contribution in [-0.2, 0) is 6.54 Å². The van der Waals surface area contributed by atoms with Crippen molar-refractivity contribution in [2.75, 3.05) is 7.05 Å². The van der Waals surface area contributed by atoms with E-state index in [9.17, 15) is 0 Å². The summed E-state index contributed by atoms with van der Waals surface area (Å²) >= 11 is 5.40. The third-order valence-electron chi connectivity index (χ3n) is 3.49. The molecule has 1 aliphatic carbocycles. The van der Waals surface area contributed by atoms with Gasteiger partial charge in [-0.2, -0.15) is 0 Å². The zero-order valence-corrected chi connectivity index (χ0v) is 11.9. The first-order valence-electron chi connectivity index (χ1n) is 6.72. The van der Waals surface area contributed by atoms with E-state index in [-0.39, 0.29) is 0 Å². The minimum Gasteiger partial charge on any atom is -0.360 e. The molecule has 1 aliphatic rings. The topological polar surface area (TPSA) is 15.3 Å². The summed E-state index contributed by atoms with van der Waals surface area (Å²) in [5.74, 6) is 0. The smallest absolute Gasteiger partial charge is 0.169 e. The first-order chi connectivity index (χ1) is 9.22. The zero-order chi connectivity index (χ0) is 13.2. The number of nitrogens with zero attached hydrogens (tertiary/aromatic N) is 1. The molecule has 3 rings (SSSR count). The Morgan fingerprint density at radius 3 is 2.68 bits per heavy atom. The highest BCUT2D eigenvalue weighted by molar-refractivity contribution is 7.80. The van der Waals surface area contributed by atoms with Crippen LogP contribution >= 0.6 is 12.2 Å². The molecule has 2 nitrogen and oxygen atoms in total. The third kappa shape index (κ3) is 3.04. The molecule has 0 amide bonds. The molecule has 1 N–H and O–H groups in total. The van der Waals surface area contributed by atoms with Crippen molar-refractivity contribution in [1.29, 1.82) is 0 Å². The lowest BCUT2D eigenvalue weighted by Crippen LogP contribution is -2.37. The van der Waals surface area contributed by atoms with Crippen LogP contribution < -0.4 is 5.32 Å². The monoisotopic (exact) mass is 270 g/mol. The minimum absolute atomic E-state index is 0.617. The lowest BCUT2D eigenvalue weighted by atomic mass is 10.1. The number of hydrogen-bond acceptors (Lipinski definition) is 1. The van der Waals surface area contributed by atoms with Crippen LogP contribution in [0.15, 0.2) is 42.5 Å². The lowest BCUT2D eigenvalue weighted by Gasteiger charge is -2.21. The Labute approximate surface area is 119 Å². The molecule has 0 heterocycles. The minimum atomic E-state index is 0.617. The molecule has 1 fully saturated rings. The van der Waals surface area contributed by atoms with Crippen molar-refractivity contribution < 1.29 is 0 Å². The van der Waals surface area contributed by atoms with E-state index in [2.05, 4.69) is 52.7 Å². The van der Waals surface area contributed by atoms with Crippen LogP contribution in [0.5, 0.6) is 0 Å². The average Bonchev–Trinajstić information content (AvgIpc) is 3.22. The highest BCUT2D eigenvalue weighted by Crippen LogP contribution is 2.20. The number of benzene rings is 2. The van der Waals surface area contributed by atoms with Gasteiger partial charge in [-0.05, 0) is 47.5 Å². The van der Waals surface area contributed by atoms with Gasteiger partial charge in [0.25, 0.3) is 0 Å². The van der Waals surface area contributed by atoms with E-state index in [1.165, 1.54) is 29.2 Å². The van der Waals surface area contributed by atoms with Gasteiger partial charge in [0.1, 0.15) is 0 Å². The standard InChI is InChI=1S/C16H18N2S/c1-18(16(19)17-15-8-9-15)11-12-6-7-13-4-2-3-5-14(13)10-12/h2-7,10,15H,8-9,11H2,1H3,(H,17,19). The van der Waals surface area contributed by atoms with Gasteiger partial charge < -0.3 is 10.2 Å². The lowest BCUT2D eigenvalue weighted by molar-refractivity contribution is 0.489. The third-order valence-corrected chi connectivity index (χ3v) is 3.91. The fraction of sp³-hybridized carbons (Fsp3) is 0.312. The second-order valence-corrected chi connectivity index (χ2v) is 5.65. The largest absolute Gasteiger partial charge is 0.360 e. The fourth-order valence-electron chi connectivity index (χ4n) is 2.20. The van der Waals surface area contributed by atoms with Crippen LogP contribution in [0.25, 0.3) is 10.8 Å². The van der Waals surface area contributed by atoms with Crippen molar-refractivity contribution in [3.05, 3.63) is 48.0 Å². The highest BCUT2D eigenvalue weighted by Gasteiger charge is 2.22. The molecule has 0 spiro atoms. The van der Waals surface area contributed by atoms with Gasteiger partial charge in [0.05, 0.1) is 0 Å². The molecule has 98 valence electrons. The molecule has 0 unspecified atom stereocenters. The Bertz CT molecular complexity index is 604. The molecule has 3 heteroatoms. The van der Waals surface area contributed by atoms with Crippen molar-refractivity contribution in [2.45, 2.75) is 25.4 Å². The van der Waals surface area contributed by atoms with Crippen LogP contribution in [0.4, 0.5) is 0 Å². The van der Waals surface area contributed by atoms with Crippen LogP contribution in [-0.4, -0.2) is 23.1 Å². The summed E-state index contributed by atoms with van der Waals surface area (Å²) in [5, 5.41) is 6.80. The summed E-state index contributed by atoms with van der Waals surface area (Å²) in [6.07, 6.45) is 2.51. The molecule has 1 saturated carbocycles. The van der Waals surface area contributed by atoms with Crippen molar-refractivity contribution in [3.63, 3.8) is 0 Å². The van der Waals surface area contributed by atoms with Gasteiger partial charge in [0.2, 0.25) is 0 Å². The Kier molecular flexibility index (Phi) is 3.38. The van der Waals surface area contributed by atoms with Gasteiger partial charge >= 0.3 is 0 Å². The van der Waals surface area contributed by atoms with E-state index in [0.29, 0.717) is 6.04 Å². The molecule has 19 heavy (non-hydrogen) atoms. The summed E-state index contributed by atoms with van der Waals surface area (Å²) in [7, 11) is 2.05. The summed E-state index contributed by atoms with van der Waals surface area (Å²) in [6.45, 7) is 0.851. The average molecular weight is 270 g/mol. The molecular formula is C16H18N2S. The van der Waals surface area contributed by atoms with E-state index in [4.69, 9.17) is 12.2 Å². The molecule has 0 atom stereocenters. The van der Waals surface area contributed by atoms with Crippen molar-refractivity contribution in [1.82, 2.24) is 10.2 Å². The second-order valence-electron chi connectivity index (χ2n) is 5.26. The van der Waals surface area contributed by atoms with Crippen molar-refractivity contribution in [3.8, 4) is 0 Å². The van der Waals surface area contributed by atoms with Gasteiger partial charge in [-0.15, -0.1) is 0 Å². The van der Waals surface area contributed by atoms with Crippen LogP contribution in [0, 0.1) is 0 Å². The molecule has 0 radical (unpaired) electrons. The molecule has 2 aromatic rings. The Hall–Kier alpha value is -1.61. The van der Waals surface area contributed by atoms with E-state index >= 15 is 0 Å². The van der Waals surface area contributed by atoms with Gasteiger partial charge in [0, 0.05) is 19.6 Å². The van der Waals surface area contributed by atoms with Gasteiger partial charge in [-0.3, -0.25) is 0 Å². The van der Waals surface area contributed by atoms with Crippen molar-refractivity contribution >= 4 is 28.1 Å². The normalized spacial score (nSPS) is 14.4. The van der Waals surface area contributed by atoms with Crippen LogP contribution in [0.1, 0.15) is 18.4 Å². The number of fused-ring (bicyclic) bond motifs is 1. The van der Waals surface area contributed by atoms with Gasteiger partial charge in [-0.25, -0.2) is 0 Å². The second kappa shape index (κ2) is 5.17. The fourth-order valence-corrected chi connectivity index (χ4v) is 2.43. The van der Waals surface area contributed by atoms with Crippen molar-refractivity contribution in [2.24, 2.45) is 0 Å². The maximum absolute atomic E-state index is 5.40. The van der Waals surface area contributed by atoms with Gasteiger partial charge in [-0.1, -0.05) is 36.4 Å². The Morgan fingerprint density at radius 2 is 1.95 bits per heavy atom. The SMILES string of the molecule is CN(Cc1ccc2ccccc2c1)C(=S)NC1CC1. The number of hydrogen-bond donors (Lipinski definition) is 1. The molecule has 0 aromatic heterocycles. The Balaban J connectivity index is 1.71. The first kappa shape index (κ1) is 12.4. The first-order valence-corrected chi connectivity index (χ1v) is 7.12. The summed E-state index contributed by atoms with van der Waals surface area (Å²) in [6, 6.07) is 15.7. The van der Waals surface area contributed by atoms with Crippen LogP contribution in [0.2, 0.25) is 0 Å². The predicted octanol–water partition coefficient (Wildman–Crippen LogP) is 3.31. The molecule has 0 bridgehead atoms. The van der Waals surface area contributed by atoms with Crippen LogP contribution in [0.3, 0.4) is 0 Å². The molecular weight excluding hydrogens is 252 g/mol. The number of nitrogens with one attached hydrogen (secondary N) is 1.